The van der Waals surface area contributed by atoms with E-state index in [2.05, 4.69) is 44.0 Å². The zero-order chi connectivity index (χ0) is 25.6. The van der Waals surface area contributed by atoms with Crippen LogP contribution in [0.5, 0.6) is 0 Å². The summed E-state index contributed by atoms with van der Waals surface area (Å²) in [4.78, 5) is 32.5. The smallest absolute Gasteiger partial charge is 0.323 e. The number of nitrogens with one attached hydrogen (secondary N) is 3. The molecule has 3 N–H and O–H groups in total. The molecule has 2 heterocycles. The highest BCUT2D eigenvalue weighted by molar-refractivity contribution is 6.04. The normalized spacial score (nSPS) is 12.4. The first kappa shape index (κ1) is 24.1. The summed E-state index contributed by atoms with van der Waals surface area (Å²) in [6.45, 7) is 3.83. The van der Waals surface area contributed by atoms with Gasteiger partial charge in [0.05, 0.1) is 5.56 Å². The summed E-state index contributed by atoms with van der Waals surface area (Å²) in [5.74, 6) is -0.208. The second kappa shape index (κ2) is 11.0. The summed E-state index contributed by atoms with van der Waals surface area (Å²) in [6, 6.07) is 24.9. The Kier molecular flexibility index (Phi) is 7.12. The van der Waals surface area contributed by atoms with Gasteiger partial charge in [-0.05, 0) is 65.9 Å². The van der Waals surface area contributed by atoms with E-state index in [0.29, 0.717) is 17.8 Å². The van der Waals surface area contributed by atoms with Gasteiger partial charge in [0.2, 0.25) is 0 Å². The zero-order valence-corrected chi connectivity index (χ0v) is 20.7. The number of carbonyl (C=O) groups is 2. The average Bonchev–Trinajstić information content (AvgIpc) is 2.93. The van der Waals surface area contributed by atoms with Gasteiger partial charge in [-0.2, -0.15) is 0 Å². The molecule has 0 saturated carbocycles. The number of aromatic nitrogens is 1. The molecule has 1 aromatic heterocycles. The number of benzene rings is 3. The third kappa shape index (κ3) is 5.78. The number of pyridine rings is 1. The van der Waals surface area contributed by atoms with E-state index in [1.807, 2.05) is 61.5 Å². The number of urea groups is 1. The molecule has 0 bridgehead atoms. The van der Waals surface area contributed by atoms with Crippen molar-refractivity contribution in [3.05, 3.63) is 119 Å². The maximum Gasteiger partial charge on any atom is 0.323 e. The molecule has 5 rings (SSSR count). The highest BCUT2D eigenvalue weighted by Gasteiger charge is 2.22. The number of fused-ring (bicyclic) bond motifs is 1. The number of carbonyl (C=O) groups excluding carboxylic acids is 2. The second-order valence-corrected chi connectivity index (χ2v) is 9.11. The Morgan fingerprint density at radius 1 is 0.919 bits per heavy atom. The van der Waals surface area contributed by atoms with Crippen molar-refractivity contribution < 1.29 is 9.59 Å². The van der Waals surface area contributed by atoms with Crippen molar-refractivity contribution in [3.8, 4) is 0 Å². The van der Waals surface area contributed by atoms with E-state index in [4.69, 9.17) is 0 Å². The number of hydrogen-bond acceptors (Lipinski definition) is 4. The lowest BCUT2D eigenvalue weighted by atomic mass is 9.98. The van der Waals surface area contributed by atoms with Gasteiger partial charge in [-0.15, -0.1) is 0 Å². The second-order valence-electron chi connectivity index (χ2n) is 9.11. The van der Waals surface area contributed by atoms with Crippen LogP contribution >= 0.6 is 0 Å². The summed E-state index contributed by atoms with van der Waals surface area (Å²) in [6.07, 6.45) is 4.34. The van der Waals surface area contributed by atoms with Gasteiger partial charge in [-0.25, -0.2) is 4.79 Å². The third-order valence-corrected chi connectivity index (χ3v) is 6.54. The van der Waals surface area contributed by atoms with Crippen LogP contribution < -0.4 is 20.9 Å². The van der Waals surface area contributed by atoms with Crippen molar-refractivity contribution in [1.29, 1.82) is 0 Å². The van der Waals surface area contributed by atoms with E-state index in [1.54, 1.807) is 18.5 Å². The molecule has 7 heteroatoms. The first-order valence-corrected chi connectivity index (χ1v) is 12.3. The molecular formula is C30H29N5O2. The summed E-state index contributed by atoms with van der Waals surface area (Å²) in [7, 11) is 0. The molecule has 186 valence electrons. The lowest BCUT2D eigenvalue weighted by molar-refractivity contribution is 0.0951. The van der Waals surface area contributed by atoms with E-state index < -0.39 is 0 Å². The Hall–Kier alpha value is -4.65. The van der Waals surface area contributed by atoms with Crippen molar-refractivity contribution in [2.75, 3.05) is 22.1 Å². The third-order valence-electron chi connectivity index (χ3n) is 6.54. The molecule has 7 nitrogen and oxygen atoms in total. The zero-order valence-electron chi connectivity index (χ0n) is 20.7. The molecule has 0 saturated heterocycles. The number of anilines is 3. The Balaban J connectivity index is 1.39. The monoisotopic (exact) mass is 491 g/mol. The van der Waals surface area contributed by atoms with Crippen LogP contribution in [0.15, 0.2) is 91.3 Å². The van der Waals surface area contributed by atoms with Crippen molar-refractivity contribution in [3.63, 3.8) is 0 Å². The van der Waals surface area contributed by atoms with Crippen LogP contribution in [0.2, 0.25) is 0 Å². The minimum Gasteiger partial charge on any atom is -0.366 e. The van der Waals surface area contributed by atoms with Crippen LogP contribution in [0.25, 0.3) is 0 Å². The predicted molar refractivity (Wildman–Crippen MR) is 147 cm³/mol. The fourth-order valence-corrected chi connectivity index (χ4v) is 4.55. The molecule has 4 aromatic rings. The van der Waals surface area contributed by atoms with Gasteiger partial charge in [-0.1, -0.05) is 48.5 Å². The first-order chi connectivity index (χ1) is 18.1. The number of rotatable bonds is 6. The summed E-state index contributed by atoms with van der Waals surface area (Å²) in [5.41, 5.74) is 7.10. The molecule has 0 radical (unpaired) electrons. The molecule has 0 atom stereocenters. The predicted octanol–water partition coefficient (Wildman–Crippen LogP) is 5.53. The molecule has 3 aromatic carbocycles. The summed E-state index contributed by atoms with van der Waals surface area (Å²) >= 11 is 0. The fourth-order valence-electron chi connectivity index (χ4n) is 4.55. The topological polar surface area (TPSA) is 86.4 Å². The summed E-state index contributed by atoms with van der Waals surface area (Å²) < 4.78 is 0. The van der Waals surface area contributed by atoms with Gasteiger partial charge in [0.25, 0.3) is 5.91 Å². The molecule has 1 aliphatic heterocycles. The lowest BCUT2D eigenvalue weighted by Crippen LogP contribution is -2.33. The fraction of sp³-hybridized carbons (Fsp3) is 0.167. The van der Waals surface area contributed by atoms with Crippen LogP contribution in [0, 0.1) is 6.92 Å². The SMILES string of the molecule is Cc1ccccc1NC(=O)Nc1ccc(N2CCc3ccccc3C2)c(C(=O)NCc2cccnc2)c1. The molecule has 0 spiro atoms. The van der Waals surface area contributed by atoms with Crippen LogP contribution in [-0.2, 0) is 19.5 Å². The van der Waals surface area contributed by atoms with Crippen molar-refractivity contribution in [1.82, 2.24) is 10.3 Å². The number of amides is 3. The van der Waals surface area contributed by atoms with Gasteiger partial charge in [0.15, 0.2) is 0 Å². The molecule has 1 aliphatic rings. The van der Waals surface area contributed by atoms with E-state index in [-0.39, 0.29) is 11.9 Å². The van der Waals surface area contributed by atoms with Crippen molar-refractivity contribution in [2.24, 2.45) is 0 Å². The van der Waals surface area contributed by atoms with Crippen LogP contribution in [0.4, 0.5) is 21.9 Å². The number of nitrogens with zero attached hydrogens (tertiary/aromatic N) is 2. The Labute approximate surface area is 216 Å². The highest BCUT2D eigenvalue weighted by Crippen LogP contribution is 2.30. The lowest BCUT2D eigenvalue weighted by Gasteiger charge is -2.32. The van der Waals surface area contributed by atoms with E-state index >= 15 is 0 Å². The van der Waals surface area contributed by atoms with Gasteiger partial charge in [-0.3, -0.25) is 9.78 Å². The van der Waals surface area contributed by atoms with Crippen LogP contribution in [0.3, 0.4) is 0 Å². The average molecular weight is 492 g/mol. The molecule has 37 heavy (non-hydrogen) atoms. The first-order valence-electron chi connectivity index (χ1n) is 12.3. The Morgan fingerprint density at radius 2 is 1.73 bits per heavy atom. The molecule has 0 unspecified atom stereocenters. The van der Waals surface area contributed by atoms with Crippen LogP contribution in [-0.4, -0.2) is 23.5 Å². The molecule has 0 fully saturated rings. The molecular weight excluding hydrogens is 462 g/mol. The van der Waals surface area contributed by atoms with Crippen LogP contribution in [0.1, 0.15) is 32.6 Å². The number of hydrogen-bond donors (Lipinski definition) is 3. The van der Waals surface area contributed by atoms with Gasteiger partial charge in [0.1, 0.15) is 0 Å². The Bertz CT molecular complexity index is 1420. The quantitative estimate of drug-likeness (QED) is 0.331. The maximum absolute atomic E-state index is 13.4. The van der Waals surface area contributed by atoms with Gasteiger partial charge >= 0.3 is 6.03 Å². The molecule has 3 amide bonds. The summed E-state index contributed by atoms with van der Waals surface area (Å²) in [5, 5.41) is 8.76. The van der Waals surface area contributed by atoms with E-state index in [0.717, 1.165) is 42.0 Å². The number of aryl methyl sites for hydroxylation is 1. The largest absolute Gasteiger partial charge is 0.366 e. The van der Waals surface area contributed by atoms with Gasteiger partial charge < -0.3 is 20.9 Å². The van der Waals surface area contributed by atoms with E-state index in [9.17, 15) is 9.59 Å². The molecule has 0 aliphatic carbocycles. The standard InChI is InChI=1S/C30H29N5O2/c1-21-7-2-5-11-27(21)34-30(37)33-25-12-13-28(35-16-14-23-9-3-4-10-24(23)20-35)26(17-25)29(36)32-19-22-8-6-15-31-18-22/h2-13,15,17-18H,14,16,19-20H2,1H3,(H,32,36)(H2,33,34,37). The number of para-hydroxylation sites is 1. The minimum atomic E-state index is -0.365. The van der Waals surface area contributed by atoms with Gasteiger partial charge in [0, 0.05) is 49.1 Å². The maximum atomic E-state index is 13.4. The Morgan fingerprint density at radius 3 is 2.54 bits per heavy atom. The van der Waals surface area contributed by atoms with Crippen molar-refractivity contribution >= 4 is 29.0 Å². The van der Waals surface area contributed by atoms with Crippen molar-refractivity contribution in [2.45, 2.75) is 26.4 Å². The highest BCUT2D eigenvalue weighted by atomic mass is 16.2. The minimum absolute atomic E-state index is 0.208. The van der Waals surface area contributed by atoms with E-state index in [1.165, 1.54) is 11.1 Å².